The first-order valence-corrected chi connectivity index (χ1v) is 8.65. The highest BCUT2D eigenvalue weighted by atomic mass is 16.5. The fraction of sp³-hybridized carbons (Fsp3) is 0.227. The number of para-hydroxylation sites is 1. The average molecular weight is 333 g/mol. The van der Waals surface area contributed by atoms with Crippen LogP contribution in [-0.2, 0) is 11.3 Å². The Morgan fingerprint density at radius 3 is 2.52 bits per heavy atom. The van der Waals surface area contributed by atoms with Gasteiger partial charge in [-0.05, 0) is 41.3 Å². The predicted molar refractivity (Wildman–Crippen MR) is 102 cm³/mol. The molecule has 0 saturated carbocycles. The second-order valence-corrected chi connectivity index (χ2v) is 6.14. The van der Waals surface area contributed by atoms with E-state index in [-0.39, 0.29) is 5.91 Å². The van der Waals surface area contributed by atoms with Crippen LogP contribution in [0.4, 0.5) is 0 Å². The van der Waals surface area contributed by atoms with Crippen LogP contribution in [-0.4, -0.2) is 12.0 Å². The first kappa shape index (κ1) is 17.0. The summed E-state index contributed by atoms with van der Waals surface area (Å²) in [6.07, 6.45) is 0.131. The van der Waals surface area contributed by atoms with Crippen LogP contribution in [0.5, 0.6) is 5.75 Å². The van der Waals surface area contributed by atoms with Gasteiger partial charge in [-0.25, -0.2) is 0 Å². The van der Waals surface area contributed by atoms with Crippen molar-refractivity contribution >= 4 is 16.7 Å². The standard InChI is InChI=1S/C22H23NO2/c1-3-20(25-21-14-7-4-9-16(21)2)22(24)23-15-18-12-8-11-17-10-5-6-13-19(17)18/h4-14,20H,3,15H2,1-2H3,(H,23,24)/t20-/m1/s1. The summed E-state index contributed by atoms with van der Waals surface area (Å²) in [5.74, 6) is 0.674. The smallest absolute Gasteiger partial charge is 0.261 e. The van der Waals surface area contributed by atoms with Gasteiger partial charge < -0.3 is 10.1 Å². The Labute approximate surface area is 148 Å². The van der Waals surface area contributed by atoms with Crippen molar-refractivity contribution in [3.05, 3.63) is 77.9 Å². The molecule has 0 aliphatic carbocycles. The van der Waals surface area contributed by atoms with Crippen molar-refractivity contribution in [2.75, 3.05) is 0 Å². The topological polar surface area (TPSA) is 38.3 Å². The lowest BCUT2D eigenvalue weighted by molar-refractivity contribution is -0.128. The van der Waals surface area contributed by atoms with Crippen LogP contribution < -0.4 is 10.1 Å². The fourth-order valence-corrected chi connectivity index (χ4v) is 2.91. The van der Waals surface area contributed by atoms with Gasteiger partial charge >= 0.3 is 0 Å². The Morgan fingerprint density at radius 1 is 1.00 bits per heavy atom. The number of ether oxygens (including phenoxy) is 1. The summed E-state index contributed by atoms with van der Waals surface area (Å²) in [6, 6.07) is 22.1. The van der Waals surface area contributed by atoms with Crippen LogP contribution in [0.25, 0.3) is 10.8 Å². The van der Waals surface area contributed by atoms with E-state index in [9.17, 15) is 4.79 Å². The van der Waals surface area contributed by atoms with Gasteiger partial charge in [-0.15, -0.1) is 0 Å². The van der Waals surface area contributed by atoms with E-state index >= 15 is 0 Å². The molecule has 0 heterocycles. The van der Waals surface area contributed by atoms with Crippen molar-refractivity contribution in [3.63, 3.8) is 0 Å². The number of carbonyl (C=O) groups excluding carboxylic acids is 1. The first-order valence-electron chi connectivity index (χ1n) is 8.65. The highest BCUT2D eigenvalue weighted by molar-refractivity contribution is 5.86. The minimum absolute atomic E-state index is 0.0845. The molecular formula is C22H23NO2. The second kappa shape index (κ2) is 7.84. The zero-order chi connectivity index (χ0) is 17.6. The van der Waals surface area contributed by atoms with Crippen molar-refractivity contribution < 1.29 is 9.53 Å². The molecule has 0 fully saturated rings. The lowest BCUT2D eigenvalue weighted by Crippen LogP contribution is -2.37. The van der Waals surface area contributed by atoms with E-state index in [1.165, 1.54) is 5.39 Å². The number of aryl methyl sites for hydroxylation is 1. The first-order chi connectivity index (χ1) is 12.2. The number of benzene rings is 3. The van der Waals surface area contributed by atoms with E-state index in [2.05, 4.69) is 23.5 Å². The van der Waals surface area contributed by atoms with Gasteiger partial charge in [0.25, 0.3) is 5.91 Å². The molecule has 1 amide bonds. The third-order valence-electron chi connectivity index (χ3n) is 4.36. The van der Waals surface area contributed by atoms with Gasteiger partial charge in [0.05, 0.1) is 0 Å². The third-order valence-corrected chi connectivity index (χ3v) is 4.36. The van der Waals surface area contributed by atoms with Crippen LogP contribution in [0.15, 0.2) is 66.7 Å². The van der Waals surface area contributed by atoms with Crippen molar-refractivity contribution in [2.24, 2.45) is 0 Å². The number of hydrogen-bond acceptors (Lipinski definition) is 2. The monoisotopic (exact) mass is 333 g/mol. The molecule has 1 N–H and O–H groups in total. The molecule has 0 aliphatic heterocycles. The van der Waals surface area contributed by atoms with Crippen molar-refractivity contribution in [1.29, 1.82) is 0 Å². The molecular weight excluding hydrogens is 310 g/mol. The van der Waals surface area contributed by atoms with E-state index < -0.39 is 6.10 Å². The maximum Gasteiger partial charge on any atom is 0.261 e. The molecule has 128 valence electrons. The Morgan fingerprint density at radius 2 is 1.72 bits per heavy atom. The summed E-state index contributed by atoms with van der Waals surface area (Å²) in [7, 11) is 0. The molecule has 0 bridgehead atoms. The average Bonchev–Trinajstić information content (AvgIpc) is 2.65. The van der Waals surface area contributed by atoms with Crippen LogP contribution in [0.3, 0.4) is 0 Å². The number of amides is 1. The molecule has 25 heavy (non-hydrogen) atoms. The van der Waals surface area contributed by atoms with Crippen LogP contribution in [0.2, 0.25) is 0 Å². The number of hydrogen-bond donors (Lipinski definition) is 1. The van der Waals surface area contributed by atoms with Crippen molar-refractivity contribution in [2.45, 2.75) is 32.9 Å². The summed E-state index contributed by atoms with van der Waals surface area (Å²) in [4.78, 5) is 12.6. The Balaban J connectivity index is 1.69. The highest BCUT2D eigenvalue weighted by Crippen LogP contribution is 2.20. The minimum Gasteiger partial charge on any atom is -0.480 e. The van der Waals surface area contributed by atoms with Gasteiger partial charge in [0.2, 0.25) is 0 Å². The maximum atomic E-state index is 12.6. The number of fused-ring (bicyclic) bond motifs is 1. The van der Waals surface area contributed by atoms with E-state index in [1.54, 1.807) is 0 Å². The molecule has 0 unspecified atom stereocenters. The largest absolute Gasteiger partial charge is 0.480 e. The van der Waals surface area contributed by atoms with Gasteiger partial charge in [-0.3, -0.25) is 4.79 Å². The van der Waals surface area contributed by atoms with Gasteiger partial charge in [-0.1, -0.05) is 67.6 Å². The van der Waals surface area contributed by atoms with E-state index in [0.717, 1.165) is 22.3 Å². The van der Waals surface area contributed by atoms with Crippen LogP contribution >= 0.6 is 0 Å². The predicted octanol–water partition coefficient (Wildman–Crippen LogP) is 4.62. The lowest BCUT2D eigenvalue weighted by atomic mass is 10.0. The molecule has 3 rings (SSSR count). The van der Waals surface area contributed by atoms with E-state index in [1.807, 2.05) is 62.4 Å². The normalized spacial score (nSPS) is 11.9. The molecule has 3 aromatic rings. The Kier molecular flexibility index (Phi) is 5.34. The molecule has 0 spiro atoms. The van der Waals surface area contributed by atoms with Gasteiger partial charge in [0.1, 0.15) is 5.75 Å². The molecule has 0 aromatic heterocycles. The minimum atomic E-state index is -0.490. The molecule has 3 aromatic carbocycles. The molecule has 0 saturated heterocycles. The quantitative estimate of drug-likeness (QED) is 0.715. The summed E-state index contributed by atoms with van der Waals surface area (Å²) >= 11 is 0. The van der Waals surface area contributed by atoms with Gasteiger partial charge in [-0.2, -0.15) is 0 Å². The summed E-state index contributed by atoms with van der Waals surface area (Å²) in [5.41, 5.74) is 2.14. The Bertz CT molecular complexity index is 867. The molecule has 0 radical (unpaired) electrons. The lowest BCUT2D eigenvalue weighted by Gasteiger charge is -2.19. The second-order valence-electron chi connectivity index (χ2n) is 6.14. The van der Waals surface area contributed by atoms with E-state index in [0.29, 0.717) is 13.0 Å². The van der Waals surface area contributed by atoms with Crippen molar-refractivity contribution in [1.82, 2.24) is 5.32 Å². The Hall–Kier alpha value is -2.81. The highest BCUT2D eigenvalue weighted by Gasteiger charge is 2.19. The number of rotatable bonds is 6. The maximum absolute atomic E-state index is 12.6. The zero-order valence-electron chi connectivity index (χ0n) is 14.7. The zero-order valence-corrected chi connectivity index (χ0v) is 14.7. The SMILES string of the molecule is CC[C@@H](Oc1ccccc1C)C(=O)NCc1cccc2ccccc12. The third kappa shape index (κ3) is 4.00. The molecule has 0 aliphatic rings. The summed E-state index contributed by atoms with van der Waals surface area (Å²) in [5, 5.41) is 5.36. The number of nitrogens with one attached hydrogen (secondary N) is 1. The van der Waals surface area contributed by atoms with Gasteiger partial charge in [0.15, 0.2) is 6.10 Å². The van der Waals surface area contributed by atoms with Gasteiger partial charge in [0, 0.05) is 6.54 Å². The molecule has 3 heteroatoms. The molecule has 1 atom stereocenters. The molecule has 3 nitrogen and oxygen atoms in total. The van der Waals surface area contributed by atoms with Crippen molar-refractivity contribution in [3.8, 4) is 5.75 Å². The summed E-state index contributed by atoms with van der Waals surface area (Å²) in [6.45, 7) is 4.43. The summed E-state index contributed by atoms with van der Waals surface area (Å²) < 4.78 is 5.92. The number of carbonyl (C=O) groups is 1. The van der Waals surface area contributed by atoms with Crippen LogP contribution in [0.1, 0.15) is 24.5 Å². The fourth-order valence-electron chi connectivity index (χ4n) is 2.91. The van der Waals surface area contributed by atoms with Crippen LogP contribution in [0, 0.1) is 6.92 Å². The van der Waals surface area contributed by atoms with E-state index in [4.69, 9.17) is 4.74 Å².